The predicted molar refractivity (Wildman–Crippen MR) is 68.3 cm³/mol. The van der Waals surface area contributed by atoms with E-state index in [9.17, 15) is 4.79 Å². The number of hydrogen-bond acceptors (Lipinski definition) is 3. The van der Waals surface area contributed by atoms with Crippen LogP contribution in [0.4, 0.5) is 0 Å². The molecule has 0 radical (unpaired) electrons. The van der Waals surface area contributed by atoms with Gasteiger partial charge in [0.2, 0.25) is 5.91 Å². The van der Waals surface area contributed by atoms with Crippen LogP contribution in [0.25, 0.3) is 0 Å². The molecule has 0 unspecified atom stereocenters. The molecule has 0 aromatic carbocycles. The molecule has 84 valence electrons. The molecule has 0 atom stereocenters. The van der Waals surface area contributed by atoms with Gasteiger partial charge in [0, 0.05) is 13.1 Å². The third-order valence-electron chi connectivity index (χ3n) is 3.03. The van der Waals surface area contributed by atoms with E-state index in [1.807, 2.05) is 4.90 Å². The van der Waals surface area contributed by atoms with Gasteiger partial charge in [-0.2, -0.15) is 0 Å². The molecule has 2 fully saturated rings. The standard InChI is InChI=1S/C11H17NOS2/c1-2-10(13)12-6-4-11(5-7-12)14-8-3-9-15-11/h2H,1,3-9H2. The van der Waals surface area contributed by atoms with Gasteiger partial charge in [-0.15, -0.1) is 23.5 Å². The summed E-state index contributed by atoms with van der Waals surface area (Å²) in [5.74, 6) is 2.68. The molecule has 0 aromatic rings. The molecule has 0 aromatic heterocycles. The van der Waals surface area contributed by atoms with E-state index in [0.717, 1.165) is 25.9 Å². The number of thioether (sulfide) groups is 2. The van der Waals surface area contributed by atoms with Gasteiger partial charge in [-0.3, -0.25) is 4.79 Å². The number of carbonyl (C=O) groups excluding carboxylic acids is 1. The number of carbonyl (C=O) groups is 1. The molecule has 0 bridgehead atoms. The highest BCUT2D eigenvalue weighted by Gasteiger charge is 2.37. The molecule has 2 saturated heterocycles. The van der Waals surface area contributed by atoms with Gasteiger partial charge in [0.05, 0.1) is 4.08 Å². The maximum atomic E-state index is 11.4. The lowest BCUT2D eigenvalue weighted by Crippen LogP contribution is -2.44. The zero-order valence-corrected chi connectivity index (χ0v) is 10.5. The van der Waals surface area contributed by atoms with Crippen LogP contribution in [-0.2, 0) is 4.79 Å². The topological polar surface area (TPSA) is 20.3 Å². The van der Waals surface area contributed by atoms with Gasteiger partial charge in [-0.1, -0.05) is 6.58 Å². The minimum absolute atomic E-state index is 0.0932. The molecular formula is C11H17NOS2. The second kappa shape index (κ2) is 4.83. The molecule has 2 heterocycles. The van der Waals surface area contributed by atoms with E-state index in [1.165, 1.54) is 24.0 Å². The summed E-state index contributed by atoms with van der Waals surface area (Å²) in [7, 11) is 0. The molecule has 0 saturated carbocycles. The molecular weight excluding hydrogens is 226 g/mol. The van der Waals surface area contributed by atoms with Gasteiger partial charge in [0.25, 0.3) is 0 Å². The third-order valence-corrected chi connectivity index (χ3v) is 6.59. The highest BCUT2D eigenvalue weighted by Crippen LogP contribution is 2.48. The lowest BCUT2D eigenvalue weighted by molar-refractivity contribution is -0.126. The van der Waals surface area contributed by atoms with Crippen molar-refractivity contribution in [2.45, 2.75) is 23.3 Å². The second-order valence-corrected chi connectivity index (χ2v) is 7.21. The first-order valence-corrected chi connectivity index (χ1v) is 7.42. The molecule has 4 heteroatoms. The van der Waals surface area contributed by atoms with Crippen LogP contribution >= 0.6 is 23.5 Å². The third kappa shape index (κ3) is 2.53. The van der Waals surface area contributed by atoms with Gasteiger partial charge >= 0.3 is 0 Å². The summed E-state index contributed by atoms with van der Waals surface area (Å²) in [5.41, 5.74) is 0. The fourth-order valence-electron chi connectivity index (χ4n) is 2.10. The summed E-state index contributed by atoms with van der Waals surface area (Å²) in [5, 5.41) is 0. The van der Waals surface area contributed by atoms with E-state index < -0.39 is 0 Å². The highest BCUT2D eigenvalue weighted by atomic mass is 32.2. The van der Waals surface area contributed by atoms with Crippen molar-refractivity contribution in [3.05, 3.63) is 12.7 Å². The van der Waals surface area contributed by atoms with Crippen molar-refractivity contribution in [2.75, 3.05) is 24.6 Å². The fourth-order valence-corrected chi connectivity index (χ4v) is 5.38. The SMILES string of the molecule is C=CC(=O)N1CCC2(CC1)SCCCS2. The lowest BCUT2D eigenvalue weighted by atomic mass is 10.1. The minimum atomic E-state index is 0.0932. The molecule has 1 amide bonds. The van der Waals surface area contributed by atoms with E-state index >= 15 is 0 Å². The average Bonchev–Trinajstić information content (AvgIpc) is 2.30. The van der Waals surface area contributed by atoms with Crippen LogP contribution in [0.3, 0.4) is 0 Å². The minimum Gasteiger partial charge on any atom is -0.339 e. The summed E-state index contributed by atoms with van der Waals surface area (Å²) < 4.78 is 0.427. The van der Waals surface area contributed by atoms with Crippen LogP contribution in [0, 0.1) is 0 Å². The van der Waals surface area contributed by atoms with Crippen LogP contribution in [0.5, 0.6) is 0 Å². The number of hydrogen-bond donors (Lipinski definition) is 0. The Morgan fingerprint density at radius 3 is 2.40 bits per heavy atom. The quantitative estimate of drug-likeness (QED) is 0.659. The zero-order chi connectivity index (χ0) is 10.7. The van der Waals surface area contributed by atoms with E-state index in [-0.39, 0.29) is 5.91 Å². The van der Waals surface area contributed by atoms with Crippen LogP contribution in [0.2, 0.25) is 0 Å². The largest absolute Gasteiger partial charge is 0.339 e. The molecule has 2 rings (SSSR count). The molecule has 15 heavy (non-hydrogen) atoms. The summed E-state index contributed by atoms with van der Waals surface area (Å²) in [6.07, 6.45) is 5.05. The Balaban J connectivity index is 1.90. The average molecular weight is 243 g/mol. The number of nitrogens with zero attached hydrogens (tertiary/aromatic N) is 1. The fraction of sp³-hybridized carbons (Fsp3) is 0.727. The van der Waals surface area contributed by atoms with Crippen molar-refractivity contribution in [1.29, 1.82) is 0 Å². The molecule has 0 aliphatic carbocycles. The van der Waals surface area contributed by atoms with Gasteiger partial charge in [-0.25, -0.2) is 0 Å². The van der Waals surface area contributed by atoms with Crippen molar-refractivity contribution < 1.29 is 4.79 Å². The van der Waals surface area contributed by atoms with Crippen LogP contribution < -0.4 is 0 Å². The second-order valence-electron chi connectivity index (χ2n) is 3.99. The zero-order valence-electron chi connectivity index (χ0n) is 8.91. The Bertz CT molecular complexity index is 251. The predicted octanol–water partition coefficient (Wildman–Crippen LogP) is 2.36. The molecule has 1 spiro atoms. The van der Waals surface area contributed by atoms with Crippen LogP contribution in [0.1, 0.15) is 19.3 Å². The van der Waals surface area contributed by atoms with Gasteiger partial charge < -0.3 is 4.90 Å². The first kappa shape index (κ1) is 11.4. The van der Waals surface area contributed by atoms with Gasteiger partial charge in [0.15, 0.2) is 0 Å². The Morgan fingerprint density at radius 2 is 1.87 bits per heavy atom. The number of amides is 1. The number of rotatable bonds is 1. The van der Waals surface area contributed by atoms with Crippen LogP contribution in [-0.4, -0.2) is 39.5 Å². The molecule has 2 aliphatic rings. The summed E-state index contributed by atoms with van der Waals surface area (Å²) in [6.45, 7) is 5.35. The van der Waals surface area contributed by atoms with E-state index in [0.29, 0.717) is 4.08 Å². The van der Waals surface area contributed by atoms with Crippen LogP contribution in [0.15, 0.2) is 12.7 Å². The smallest absolute Gasteiger partial charge is 0.245 e. The highest BCUT2D eigenvalue weighted by molar-refractivity contribution is 8.18. The molecule has 2 aliphatic heterocycles. The van der Waals surface area contributed by atoms with Crippen molar-refractivity contribution >= 4 is 29.4 Å². The Morgan fingerprint density at radius 1 is 1.27 bits per heavy atom. The van der Waals surface area contributed by atoms with Gasteiger partial charge in [0.1, 0.15) is 0 Å². The van der Waals surface area contributed by atoms with Crippen molar-refractivity contribution in [3.63, 3.8) is 0 Å². The first-order chi connectivity index (χ1) is 7.26. The summed E-state index contributed by atoms with van der Waals surface area (Å²) in [6, 6.07) is 0. The lowest BCUT2D eigenvalue weighted by Gasteiger charge is -2.42. The van der Waals surface area contributed by atoms with Crippen molar-refractivity contribution in [2.24, 2.45) is 0 Å². The van der Waals surface area contributed by atoms with Gasteiger partial charge in [-0.05, 0) is 36.8 Å². The van der Waals surface area contributed by atoms with Crippen molar-refractivity contribution in [1.82, 2.24) is 4.90 Å². The summed E-state index contributed by atoms with van der Waals surface area (Å²) in [4.78, 5) is 13.4. The first-order valence-electron chi connectivity index (χ1n) is 5.45. The molecule has 2 nitrogen and oxygen atoms in total. The number of piperidine rings is 1. The summed E-state index contributed by atoms with van der Waals surface area (Å²) >= 11 is 4.21. The molecule has 0 N–H and O–H groups in total. The maximum absolute atomic E-state index is 11.4. The van der Waals surface area contributed by atoms with E-state index in [2.05, 4.69) is 30.1 Å². The Kier molecular flexibility index (Phi) is 3.67. The normalized spacial score (nSPS) is 25.2. The van der Waals surface area contributed by atoms with E-state index in [4.69, 9.17) is 0 Å². The Hall–Kier alpha value is -0.0900. The van der Waals surface area contributed by atoms with Crippen molar-refractivity contribution in [3.8, 4) is 0 Å². The maximum Gasteiger partial charge on any atom is 0.245 e. The monoisotopic (exact) mass is 243 g/mol. The Labute approximate surface area is 99.9 Å². The number of likely N-dealkylation sites (tertiary alicyclic amines) is 1. The van der Waals surface area contributed by atoms with E-state index in [1.54, 1.807) is 0 Å².